The smallest absolute Gasteiger partial charge is 0.317 e. The molecule has 0 bridgehead atoms. The first-order valence-corrected chi connectivity index (χ1v) is 7.39. The first-order chi connectivity index (χ1) is 10.2. The van der Waals surface area contributed by atoms with Crippen molar-refractivity contribution in [2.24, 2.45) is 0 Å². The van der Waals surface area contributed by atoms with Gasteiger partial charge < -0.3 is 5.11 Å². The fourth-order valence-electron chi connectivity index (χ4n) is 1.83. The Hall–Kier alpha value is -2.32. The van der Waals surface area contributed by atoms with Crippen LogP contribution in [0.4, 0.5) is 0 Å². The molecule has 1 atom stereocenters. The summed E-state index contributed by atoms with van der Waals surface area (Å²) >= 11 is 1.12. The predicted octanol–water partition coefficient (Wildman–Crippen LogP) is 3.58. The van der Waals surface area contributed by atoms with E-state index in [9.17, 15) is 4.79 Å². The number of hydrogen-bond acceptors (Lipinski definition) is 4. The molecule has 106 valence electrons. The molecule has 21 heavy (non-hydrogen) atoms. The Morgan fingerprint density at radius 1 is 1.33 bits per heavy atom. The van der Waals surface area contributed by atoms with Crippen molar-refractivity contribution in [1.82, 2.24) is 4.98 Å². The summed E-state index contributed by atoms with van der Waals surface area (Å²) in [4.78, 5) is 15.6. The van der Waals surface area contributed by atoms with Gasteiger partial charge in [-0.3, -0.25) is 4.79 Å². The Balaban J connectivity index is 2.40. The van der Waals surface area contributed by atoms with Gasteiger partial charge in [0.05, 0.1) is 11.3 Å². The Kier molecular flexibility index (Phi) is 4.96. The van der Waals surface area contributed by atoms with E-state index in [0.717, 1.165) is 23.0 Å². The number of thioether (sulfide) groups is 1. The maximum absolute atomic E-state index is 11.2. The Morgan fingerprint density at radius 3 is 2.62 bits per heavy atom. The Bertz CT molecular complexity index is 680. The van der Waals surface area contributed by atoms with Crippen molar-refractivity contribution in [2.75, 3.05) is 0 Å². The van der Waals surface area contributed by atoms with E-state index in [-0.39, 0.29) is 0 Å². The molecule has 1 unspecified atom stereocenters. The zero-order valence-corrected chi connectivity index (χ0v) is 12.3. The van der Waals surface area contributed by atoms with E-state index >= 15 is 0 Å². The lowest BCUT2D eigenvalue weighted by Gasteiger charge is -2.11. The molecule has 1 heterocycles. The van der Waals surface area contributed by atoms with Crippen LogP contribution < -0.4 is 0 Å². The highest BCUT2D eigenvalue weighted by molar-refractivity contribution is 8.00. The topological polar surface area (TPSA) is 74.0 Å². The van der Waals surface area contributed by atoms with Crippen LogP contribution in [-0.2, 0) is 4.79 Å². The Labute approximate surface area is 127 Å². The molecule has 0 saturated heterocycles. The number of benzene rings is 1. The van der Waals surface area contributed by atoms with E-state index in [4.69, 9.17) is 10.4 Å². The van der Waals surface area contributed by atoms with Crippen molar-refractivity contribution < 1.29 is 9.90 Å². The summed E-state index contributed by atoms with van der Waals surface area (Å²) in [6.07, 6.45) is 0.474. The van der Waals surface area contributed by atoms with Crippen LogP contribution in [0.2, 0.25) is 0 Å². The molecule has 0 radical (unpaired) electrons. The van der Waals surface area contributed by atoms with Crippen LogP contribution in [0.3, 0.4) is 0 Å². The summed E-state index contributed by atoms with van der Waals surface area (Å²) in [5, 5.41) is 18.2. The minimum atomic E-state index is -0.890. The highest BCUT2D eigenvalue weighted by Crippen LogP contribution is 2.29. The number of aromatic nitrogens is 1. The van der Waals surface area contributed by atoms with Crippen LogP contribution in [-0.4, -0.2) is 21.3 Å². The molecule has 5 heteroatoms. The largest absolute Gasteiger partial charge is 0.480 e. The number of nitrogens with zero attached hydrogens (tertiary/aromatic N) is 2. The number of carboxylic acid groups (broad SMARTS) is 1. The zero-order valence-electron chi connectivity index (χ0n) is 11.5. The second-order valence-corrected chi connectivity index (χ2v) is 5.57. The summed E-state index contributed by atoms with van der Waals surface area (Å²) in [6.45, 7) is 1.80. The normalized spacial score (nSPS) is 11.6. The molecule has 0 fully saturated rings. The minimum absolute atomic E-state index is 0.402. The van der Waals surface area contributed by atoms with Gasteiger partial charge in [0.25, 0.3) is 0 Å². The van der Waals surface area contributed by atoms with Crippen molar-refractivity contribution in [3.05, 3.63) is 48.0 Å². The van der Waals surface area contributed by atoms with Crippen LogP contribution >= 0.6 is 11.8 Å². The number of carboxylic acids is 1. The van der Waals surface area contributed by atoms with Gasteiger partial charge in [-0.15, -0.1) is 0 Å². The van der Waals surface area contributed by atoms with Crippen LogP contribution in [0, 0.1) is 11.3 Å². The van der Waals surface area contributed by atoms with Gasteiger partial charge in [0, 0.05) is 5.56 Å². The number of hydrogen-bond donors (Lipinski definition) is 1. The second-order valence-electron chi connectivity index (χ2n) is 4.38. The van der Waals surface area contributed by atoms with Gasteiger partial charge in [-0.25, -0.2) is 4.98 Å². The van der Waals surface area contributed by atoms with Gasteiger partial charge in [-0.1, -0.05) is 49.0 Å². The van der Waals surface area contributed by atoms with Crippen LogP contribution in [0.15, 0.2) is 47.5 Å². The lowest BCUT2D eigenvalue weighted by atomic mass is 10.1. The third kappa shape index (κ3) is 3.61. The maximum Gasteiger partial charge on any atom is 0.317 e. The quantitative estimate of drug-likeness (QED) is 0.854. The van der Waals surface area contributed by atoms with Crippen molar-refractivity contribution in [1.29, 1.82) is 5.26 Å². The van der Waals surface area contributed by atoms with Gasteiger partial charge >= 0.3 is 5.97 Å². The van der Waals surface area contributed by atoms with E-state index in [1.54, 1.807) is 19.1 Å². The van der Waals surface area contributed by atoms with Gasteiger partial charge in [0.2, 0.25) is 0 Å². The number of carbonyl (C=O) groups is 1. The third-order valence-electron chi connectivity index (χ3n) is 2.95. The molecule has 1 aromatic carbocycles. The highest BCUT2D eigenvalue weighted by Gasteiger charge is 2.19. The number of pyridine rings is 1. The highest BCUT2D eigenvalue weighted by atomic mass is 32.2. The molecule has 0 aliphatic rings. The zero-order chi connectivity index (χ0) is 15.2. The summed E-state index contributed by atoms with van der Waals surface area (Å²) in [6, 6.07) is 15.1. The predicted molar refractivity (Wildman–Crippen MR) is 82.0 cm³/mol. The van der Waals surface area contributed by atoms with Gasteiger partial charge in [0.1, 0.15) is 16.3 Å². The van der Waals surface area contributed by atoms with E-state index < -0.39 is 11.2 Å². The SMILES string of the molecule is CCC(Sc1nc(-c2ccccc2)ccc1C#N)C(=O)O. The lowest BCUT2D eigenvalue weighted by Crippen LogP contribution is -2.15. The summed E-state index contributed by atoms with van der Waals surface area (Å²) in [5.74, 6) is -0.890. The van der Waals surface area contributed by atoms with E-state index in [1.807, 2.05) is 30.3 Å². The summed E-state index contributed by atoms with van der Waals surface area (Å²) < 4.78 is 0. The molecule has 2 aromatic rings. The first-order valence-electron chi connectivity index (χ1n) is 6.51. The monoisotopic (exact) mass is 298 g/mol. The van der Waals surface area contributed by atoms with E-state index in [0.29, 0.717) is 17.0 Å². The van der Waals surface area contributed by atoms with Gasteiger partial charge in [0.15, 0.2) is 0 Å². The molecule has 0 amide bonds. The second kappa shape index (κ2) is 6.91. The molecular formula is C16H14N2O2S. The molecule has 0 spiro atoms. The molecular weight excluding hydrogens is 284 g/mol. The lowest BCUT2D eigenvalue weighted by molar-refractivity contribution is -0.136. The number of rotatable bonds is 5. The van der Waals surface area contributed by atoms with Crippen molar-refractivity contribution >= 4 is 17.7 Å². The molecule has 0 aliphatic carbocycles. The Morgan fingerprint density at radius 2 is 2.05 bits per heavy atom. The van der Waals surface area contributed by atoms with Crippen LogP contribution in [0.5, 0.6) is 0 Å². The minimum Gasteiger partial charge on any atom is -0.480 e. The standard InChI is InChI=1S/C16H14N2O2S/c1-2-14(16(19)20)21-15-12(10-17)8-9-13(18-15)11-6-4-3-5-7-11/h3-9,14H,2H2,1H3,(H,19,20). The van der Waals surface area contributed by atoms with Crippen molar-refractivity contribution in [3.63, 3.8) is 0 Å². The maximum atomic E-state index is 11.2. The summed E-state index contributed by atoms with van der Waals surface area (Å²) in [5.41, 5.74) is 2.07. The van der Waals surface area contributed by atoms with Gasteiger partial charge in [-0.05, 0) is 18.6 Å². The molecule has 0 aliphatic heterocycles. The van der Waals surface area contributed by atoms with E-state index in [2.05, 4.69) is 11.1 Å². The van der Waals surface area contributed by atoms with Gasteiger partial charge in [-0.2, -0.15) is 5.26 Å². The molecule has 2 rings (SSSR count). The van der Waals surface area contributed by atoms with Crippen LogP contribution in [0.1, 0.15) is 18.9 Å². The molecule has 1 N–H and O–H groups in total. The first kappa shape index (κ1) is 15.1. The van der Waals surface area contributed by atoms with Crippen molar-refractivity contribution in [2.45, 2.75) is 23.6 Å². The summed E-state index contributed by atoms with van der Waals surface area (Å²) in [7, 11) is 0. The van der Waals surface area contributed by atoms with E-state index in [1.165, 1.54) is 0 Å². The number of aliphatic carboxylic acids is 1. The molecule has 1 aromatic heterocycles. The number of nitriles is 1. The average molecular weight is 298 g/mol. The fourth-order valence-corrected chi connectivity index (χ4v) is 2.76. The molecule has 0 saturated carbocycles. The third-order valence-corrected chi connectivity index (χ3v) is 4.30. The van der Waals surface area contributed by atoms with Crippen molar-refractivity contribution in [3.8, 4) is 17.3 Å². The molecule has 4 nitrogen and oxygen atoms in total. The fraction of sp³-hybridized carbons (Fsp3) is 0.188. The average Bonchev–Trinajstić information content (AvgIpc) is 2.52. The van der Waals surface area contributed by atoms with Crippen LogP contribution in [0.25, 0.3) is 11.3 Å².